The smallest absolute Gasteiger partial charge is 0.326 e. The van der Waals surface area contributed by atoms with Gasteiger partial charge in [0.05, 0.1) is 6.04 Å². The third-order valence-corrected chi connectivity index (χ3v) is 3.59. The van der Waals surface area contributed by atoms with Crippen molar-refractivity contribution in [2.75, 3.05) is 13.1 Å². The van der Waals surface area contributed by atoms with E-state index in [1.54, 1.807) is 0 Å². The number of carboxylic acid groups (broad SMARTS) is 1. The minimum Gasteiger partial charge on any atom is -0.480 e. The van der Waals surface area contributed by atoms with Crippen LogP contribution in [0, 0.1) is 5.92 Å². The lowest BCUT2D eigenvalue weighted by Crippen LogP contribution is -2.49. The van der Waals surface area contributed by atoms with Crippen LogP contribution < -0.4 is 5.32 Å². The molecule has 2 fully saturated rings. The summed E-state index contributed by atoms with van der Waals surface area (Å²) in [5.41, 5.74) is 0. The normalized spacial score (nSPS) is 34.3. The zero-order chi connectivity index (χ0) is 11.7. The molecule has 0 aliphatic carbocycles. The third-order valence-electron chi connectivity index (χ3n) is 3.59. The molecule has 0 bridgehead atoms. The number of nitrogens with one attached hydrogen (secondary N) is 1. The first-order valence-electron chi connectivity index (χ1n) is 5.88. The lowest BCUT2D eigenvalue weighted by molar-refractivity contribution is -0.150. The molecule has 0 saturated carbocycles. The molecule has 0 aromatic heterocycles. The highest BCUT2D eigenvalue weighted by atomic mass is 16.4. The van der Waals surface area contributed by atoms with E-state index >= 15 is 0 Å². The van der Waals surface area contributed by atoms with Crippen molar-refractivity contribution < 1.29 is 14.7 Å². The van der Waals surface area contributed by atoms with Crippen molar-refractivity contribution in [3.8, 4) is 0 Å². The minimum atomic E-state index is -0.878. The van der Waals surface area contributed by atoms with Gasteiger partial charge in [-0.15, -0.1) is 0 Å². The van der Waals surface area contributed by atoms with Gasteiger partial charge in [-0.05, 0) is 31.7 Å². The molecule has 2 unspecified atom stereocenters. The minimum absolute atomic E-state index is 0.0331. The van der Waals surface area contributed by atoms with Crippen LogP contribution in [-0.4, -0.2) is 47.1 Å². The first-order valence-corrected chi connectivity index (χ1v) is 5.88. The van der Waals surface area contributed by atoms with Crippen LogP contribution in [0.25, 0.3) is 0 Å². The largest absolute Gasteiger partial charge is 0.480 e. The van der Waals surface area contributed by atoms with Crippen molar-refractivity contribution in [1.29, 1.82) is 0 Å². The maximum atomic E-state index is 12.1. The van der Waals surface area contributed by atoms with Gasteiger partial charge in [0.2, 0.25) is 5.91 Å². The van der Waals surface area contributed by atoms with Gasteiger partial charge in [0.1, 0.15) is 6.04 Å². The highest BCUT2D eigenvalue weighted by molar-refractivity contribution is 5.88. The molecule has 5 nitrogen and oxygen atoms in total. The Labute approximate surface area is 94.8 Å². The monoisotopic (exact) mass is 226 g/mol. The van der Waals surface area contributed by atoms with Gasteiger partial charge >= 0.3 is 5.97 Å². The van der Waals surface area contributed by atoms with Crippen molar-refractivity contribution in [3.63, 3.8) is 0 Å². The fourth-order valence-corrected chi connectivity index (χ4v) is 2.67. The van der Waals surface area contributed by atoms with Gasteiger partial charge in [-0.25, -0.2) is 4.79 Å². The predicted molar refractivity (Wildman–Crippen MR) is 57.9 cm³/mol. The van der Waals surface area contributed by atoms with Gasteiger partial charge in [-0.3, -0.25) is 4.79 Å². The fourth-order valence-electron chi connectivity index (χ4n) is 2.67. The predicted octanol–water partition coefficient (Wildman–Crippen LogP) is 0.0600. The number of carboxylic acids is 1. The van der Waals surface area contributed by atoms with Crippen LogP contribution in [0.15, 0.2) is 0 Å². The van der Waals surface area contributed by atoms with Crippen molar-refractivity contribution in [2.24, 2.45) is 5.92 Å². The number of aliphatic carboxylic acids is 1. The van der Waals surface area contributed by atoms with Gasteiger partial charge in [-0.2, -0.15) is 0 Å². The number of nitrogens with zero attached hydrogens (tertiary/aromatic N) is 1. The molecule has 90 valence electrons. The number of carbonyl (C=O) groups is 2. The molecule has 16 heavy (non-hydrogen) atoms. The fraction of sp³-hybridized carbons (Fsp3) is 0.818. The summed E-state index contributed by atoms with van der Waals surface area (Å²) in [5, 5.41) is 12.3. The first-order chi connectivity index (χ1) is 7.61. The summed E-state index contributed by atoms with van der Waals surface area (Å²) in [7, 11) is 0. The van der Waals surface area contributed by atoms with Crippen LogP contribution in [0.5, 0.6) is 0 Å². The van der Waals surface area contributed by atoms with Crippen LogP contribution in [0.3, 0.4) is 0 Å². The molecule has 1 amide bonds. The Morgan fingerprint density at radius 1 is 1.38 bits per heavy atom. The Morgan fingerprint density at radius 2 is 2.12 bits per heavy atom. The van der Waals surface area contributed by atoms with E-state index in [1.165, 1.54) is 4.90 Å². The Hall–Kier alpha value is -1.10. The number of hydrogen-bond acceptors (Lipinski definition) is 3. The summed E-state index contributed by atoms with van der Waals surface area (Å²) in [6, 6.07) is -0.790. The van der Waals surface area contributed by atoms with Crippen molar-refractivity contribution in [1.82, 2.24) is 10.2 Å². The van der Waals surface area contributed by atoms with E-state index in [2.05, 4.69) is 5.32 Å². The molecular weight excluding hydrogens is 208 g/mol. The quantitative estimate of drug-likeness (QED) is 0.698. The summed E-state index contributed by atoms with van der Waals surface area (Å²) >= 11 is 0. The summed E-state index contributed by atoms with van der Waals surface area (Å²) < 4.78 is 0. The van der Waals surface area contributed by atoms with Crippen LogP contribution in [0.1, 0.15) is 26.2 Å². The number of amides is 1. The molecule has 2 heterocycles. The second-order valence-electron chi connectivity index (χ2n) is 4.73. The van der Waals surface area contributed by atoms with Gasteiger partial charge in [0.15, 0.2) is 0 Å². The average molecular weight is 226 g/mol. The number of likely N-dealkylation sites (tertiary alicyclic amines) is 1. The maximum Gasteiger partial charge on any atom is 0.326 e. The van der Waals surface area contributed by atoms with Gasteiger partial charge in [0, 0.05) is 6.54 Å². The Kier molecular flexibility index (Phi) is 3.14. The molecule has 0 spiro atoms. The Balaban J connectivity index is 2.07. The zero-order valence-corrected chi connectivity index (χ0v) is 9.48. The van der Waals surface area contributed by atoms with E-state index in [9.17, 15) is 9.59 Å². The lowest BCUT2D eigenvalue weighted by Gasteiger charge is -2.26. The molecule has 0 aromatic rings. The molecule has 2 aliphatic heterocycles. The van der Waals surface area contributed by atoms with Gasteiger partial charge < -0.3 is 15.3 Å². The first kappa shape index (κ1) is 11.4. The molecule has 3 atom stereocenters. The van der Waals surface area contributed by atoms with Gasteiger partial charge in [-0.1, -0.05) is 6.92 Å². The van der Waals surface area contributed by atoms with E-state index in [-0.39, 0.29) is 17.9 Å². The Bertz CT molecular complexity index is 300. The van der Waals surface area contributed by atoms with Crippen LogP contribution in [0.2, 0.25) is 0 Å². The molecule has 2 aliphatic rings. The topological polar surface area (TPSA) is 69.6 Å². The SMILES string of the molecule is CC1CCN(C(=O)[C@H]2CCCN2)C1C(=O)O. The third kappa shape index (κ3) is 1.91. The van der Waals surface area contributed by atoms with E-state index < -0.39 is 12.0 Å². The molecule has 5 heteroatoms. The summed E-state index contributed by atoms with van der Waals surface area (Å²) in [6.45, 7) is 3.33. The number of carbonyl (C=O) groups excluding carboxylic acids is 1. The van der Waals surface area contributed by atoms with E-state index in [0.717, 1.165) is 25.8 Å². The van der Waals surface area contributed by atoms with E-state index in [1.807, 2.05) is 6.92 Å². The van der Waals surface area contributed by atoms with Crippen molar-refractivity contribution in [2.45, 2.75) is 38.3 Å². The lowest BCUT2D eigenvalue weighted by atomic mass is 10.0. The highest BCUT2D eigenvalue weighted by Crippen LogP contribution is 2.25. The number of hydrogen-bond donors (Lipinski definition) is 2. The molecular formula is C11H18N2O3. The second kappa shape index (κ2) is 4.41. The van der Waals surface area contributed by atoms with E-state index in [4.69, 9.17) is 5.11 Å². The average Bonchev–Trinajstić information content (AvgIpc) is 2.84. The standard InChI is InChI=1S/C11H18N2O3/c1-7-4-6-13(9(7)11(15)16)10(14)8-3-2-5-12-8/h7-9,12H,2-6H2,1H3,(H,15,16)/t7?,8-,9?/m1/s1. The van der Waals surface area contributed by atoms with Crippen LogP contribution in [0.4, 0.5) is 0 Å². The molecule has 0 aromatic carbocycles. The van der Waals surface area contributed by atoms with Crippen LogP contribution in [-0.2, 0) is 9.59 Å². The molecule has 2 saturated heterocycles. The summed E-state index contributed by atoms with van der Waals surface area (Å²) in [5.74, 6) is -0.853. The maximum absolute atomic E-state index is 12.1. The summed E-state index contributed by atoms with van der Waals surface area (Å²) in [6.07, 6.45) is 2.61. The summed E-state index contributed by atoms with van der Waals surface area (Å²) in [4.78, 5) is 24.8. The molecule has 2 rings (SSSR count). The highest BCUT2D eigenvalue weighted by Gasteiger charge is 2.41. The Morgan fingerprint density at radius 3 is 2.69 bits per heavy atom. The second-order valence-corrected chi connectivity index (χ2v) is 4.73. The molecule has 0 radical (unpaired) electrons. The zero-order valence-electron chi connectivity index (χ0n) is 9.48. The van der Waals surface area contributed by atoms with Crippen molar-refractivity contribution >= 4 is 11.9 Å². The van der Waals surface area contributed by atoms with Gasteiger partial charge in [0.25, 0.3) is 0 Å². The number of rotatable bonds is 2. The molecule has 2 N–H and O–H groups in total. The van der Waals surface area contributed by atoms with Crippen molar-refractivity contribution in [3.05, 3.63) is 0 Å². The van der Waals surface area contributed by atoms with E-state index in [0.29, 0.717) is 6.54 Å². The van der Waals surface area contributed by atoms with Crippen LogP contribution >= 0.6 is 0 Å².